The Morgan fingerprint density at radius 2 is 1.90 bits per heavy atom. The molecular weight excluding hydrogens is 532 g/mol. The summed E-state index contributed by atoms with van der Waals surface area (Å²) in [7, 11) is 1.32. The van der Waals surface area contributed by atoms with Crippen LogP contribution in [0.25, 0.3) is 0 Å². The van der Waals surface area contributed by atoms with E-state index in [4.69, 9.17) is 10.5 Å². The molecule has 2 amide bonds. The minimum atomic E-state index is -1.01. The molecule has 3 aliphatic rings. The summed E-state index contributed by atoms with van der Waals surface area (Å²) < 4.78 is 4.72. The first-order valence-corrected chi connectivity index (χ1v) is 15.0. The van der Waals surface area contributed by atoms with Gasteiger partial charge >= 0.3 is 5.97 Å². The van der Waals surface area contributed by atoms with Crippen molar-refractivity contribution in [2.75, 3.05) is 19.0 Å². The van der Waals surface area contributed by atoms with E-state index in [9.17, 15) is 24.0 Å². The number of anilines is 1. The monoisotopic (exact) mass is 574 g/mol. The number of carbonyl (C=O) groups is 5. The van der Waals surface area contributed by atoms with Gasteiger partial charge in [0.25, 0.3) is 5.91 Å². The summed E-state index contributed by atoms with van der Waals surface area (Å²) in [6.45, 7) is 10.5. The molecule has 4 rings (SSSR count). The average molecular weight is 575 g/mol. The Bertz CT molecular complexity index is 1180. The maximum atomic E-state index is 14.2. The van der Waals surface area contributed by atoms with Crippen molar-refractivity contribution in [3.63, 3.8) is 0 Å². The summed E-state index contributed by atoms with van der Waals surface area (Å²) in [6.07, 6.45) is 3.50. The van der Waals surface area contributed by atoms with Crippen LogP contribution in [0.4, 0.5) is 5.13 Å². The summed E-state index contributed by atoms with van der Waals surface area (Å²) in [5.74, 6) is -2.69. The molecule has 1 saturated heterocycles. The lowest BCUT2D eigenvalue weighted by molar-refractivity contribution is -0.144. The maximum absolute atomic E-state index is 14.2. The normalized spacial score (nSPS) is 24.9. The van der Waals surface area contributed by atoms with E-state index >= 15 is 0 Å². The number of nitrogens with two attached hydrogens (primary N) is 1. The predicted octanol–water partition coefficient (Wildman–Crippen LogP) is 2.99. The SMILES string of the molecule is COC(=O)Cc1csc(N[C@H](C(=O)N2C[C@H]3C([C@H]2C(=O)CC(CC2CCC2)C(=O)C(N)=O)C3(C)C)C(C)(C)C)n1. The number of hydrogen-bond acceptors (Lipinski definition) is 9. The molecule has 0 aromatic carbocycles. The lowest BCUT2D eigenvalue weighted by Crippen LogP contribution is -2.55. The van der Waals surface area contributed by atoms with Gasteiger partial charge in [0.05, 0.1) is 25.3 Å². The van der Waals surface area contributed by atoms with Crippen LogP contribution in [-0.4, -0.2) is 65.0 Å². The summed E-state index contributed by atoms with van der Waals surface area (Å²) in [5.41, 5.74) is 5.29. The van der Waals surface area contributed by atoms with Crippen LogP contribution in [-0.2, 0) is 35.1 Å². The number of piperidine rings is 1. The molecule has 0 spiro atoms. The van der Waals surface area contributed by atoms with E-state index in [0.717, 1.165) is 19.3 Å². The Morgan fingerprint density at radius 3 is 2.45 bits per heavy atom. The number of Topliss-reactive ketones (excluding diaryl/α,β-unsaturated/α-hetero) is 2. The summed E-state index contributed by atoms with van der Waals surface area (Å²) >= 11 is 1.30. The maximum Gasteiger partial charge on any atom is 0.311 e. The molecule has 3 N–H and O–H groups in total. The van der Waals surface area contributed by atoms with Gasteiger partial charge in [-0.1, -0.05) is 53.9 Å². The second-order valence-electron chi connectivity index (χ2n) is 13.4. The van der Waals surface area contributed by atoms with Crippen molar-refractivity contribution >= 4 is 45.8 Å². The van der Waals surface area contributed by atoms with Gasteiger partial charge in [0.1, 0.15) is 6.04 Å². The van der Waals surface area contributed by atoms with Gasteiger partial charge in [0, 0.05) is 24.3 Å². The van der Waals surface area contributed by atoms with Gasteiger partial charge in [-0.3, -0.25) is 24.0 Å². The van der Waals surface area contributed by atoms with E-state index < -0.39 is 41.1 Å². The van der Waals surface area contributed by atoms with Gasteiger partial charge < -0.3 is 20.7 Å². The highest BCUT2D eigenvalue weighted by molar-refractivity contribution is 7.13. The Labute approximate surface area is 239 Å². The summed E-state index contributed by atoms with van der Waals surface area (Å²) in [6, 6.07) is -1.34. The van der Waals surface area contributed by atoms with E-state index in [-0.39, 0.29) is 41.8 Å². The topological polar surface area (TPSA) is 149 Å². The first kappa shape index (κ1) is 30.1. The van der Waals surface area contributed by atoms with E-state index in [2.05, 4.69) is 24.1 Å². The molecular formula is C29H42N4O6S. The summed E-state index contributed by atoms with van der Waals surface area (Å²) in [4.78, 5) is 70.3. The Morgan fingerprint density at radius 1 is 1.23 bits per heavy atom. The highest BCUT2D eigenvalue weighted by atomic mass is 32.1. The number of ketones is 2. The van der Waals surface area contributed by atoms with Crippen molar-refractivity contribution in [1.82, 2.24) is 9.88 Å². The lowest BCUT2D eigenvalue weighted by Gasteiger charge is -2.38. The smallest absolute Gasteiger partial charge is 0.311 e. The van der Waals surface area contributed by atoms with Crippen molar-refractivity contribution in [2.45, 2.75) is 85.2 Å². The molecule has 2 saturated carbocycles. The zero-order chi connectivity index (χ0) is 29.6. The molecule has 3 fully saturated rings. The standard InChI is InChI=1S/C29H42N4O6S/c1-28(2,3)24(32-27-31-17(14-40-27)12-20(35)39-6)26(38)33-13-18-21(29(18,4)5)22(33)19(34)11-16(23(36)25(30)37)10-15-8-7-9-15/h14-16,18,21-22,24H,7-13H2,1-6H3,(H2,30,37)(H,31,32)/t16?,18-,21?,22+,24+/m0/s1. The van der Waals surface area contributed by atoms with Gasteiger partial charge in [-0.05, 0) is 35.0 Å². The minimum Gasteiger partial charge on any atom is -0.469 e. The van der Waals surface area contributed by atoms with Crippen molar-refractivity contribution in [1.29, 1.82) is 0 Å². The largest absolute Gasteiger partial charge is 0.469 e. The van der Waals surface area contributed by atoms with Crippen LogP contribution >= 0.6 is 11.3 Å². The molecule has 40 heavy (non-hydrogen) atoms. The second kappa shape index (κ2) is 11.2. The van der Waals surface area contributed by atoms with Crippen LogP contribution in [0, 0.1) is 34.5 Å². The van der Waals surface area contributed by atoms with Crippen molar-refractivity contribution < 1.29 is 28.7 Å². The van der Waals surface area contributed by atoms with Gasteiger partial charge in [-0.2, -0.15) is 0 Å². The highest BCUT2D eigenvalue weighted by Crippen LogP contribution is 2.65. The molecule has 0 radical (unpaired) electrons. The zero-order valence-electron chi connectivity index (χ0n) is 24.3. The number of amides is 2. The fourth-order valence-corrected chi connectivity index (χ4v) is 7.21. The van der Waals surface area contributed by atoms with Gasteiger partial charge in [0.15, 0.2) is 10.9 Å². The Hall–Kier alpha value is -2.82. The number of hydrogen-bond donors (Lipinski definition) is 2. The van der Waals surface area contributed by atoms with E-state index in [1.54, 1.807) is 10.3 Å². The molecule has 1 aliphatic heterocycles. The van der Waals surface area contributed by atoms with Crippen LogP contribution in [0.15, 0.2) is 5.38 Å². The number of esters is 1. The van der Waals surface area contributed by atoms with Gasteiger partial charge in [-0.15, -0.1) is 11.3 Å². The fourth-order valence-electron chi connectivity index (χ4n) is 6.47. The molecule has 11 heteroatoms. The van der Waals surface area contributed by atoms with E-state index in [1.165, 1.54) is 18.4 Å². The third kappa shape index (κ3) is 6.09. The number of thiazole rings is 1. The number of nitrogens with zero attached hydrogens (tertiary/aromatic N) is 2. The molecule has 2 aliphatic carbocycles. The number of methoxy groups -OCH3 is 1. The van der Waals surface area contributed by atoms with Crippen LogP contribution in [0.3, 0.4) is 0 Å². The van der Waals surface area contributed by atoms with Crippen LogP contribution in [0.2, 0.25) is 0 Å². The number of fused-ring (bicyclic) bond motifs is 1. The number of nitrogens with one attached hydrogen (secondary N) is 1. The van der Waals surface area contributed by atoms with Crippen LogP contribution < -0.4 is 11.1 Å². The molecule has 1 aromatic heterocycles. The van der Waals surface area contributed by atoms with Gasteiger partial charge in [0.2, 0.25) is 11.7 Å². The third-order valence-corrected chi connectivity index (χ3v) is 10.0. The number of primary amides is 1. The number of rotatable bonds is 12. The Balaban J connectivity index is 1.55. The number of aromatic nitrogens is 1. The number of carbonyl (C=O) groups excluding carboxylic acids is 5. The molecule has 0 bridgehead atoms. The molecule has 1 aromatic rings. The number of likely N-dealkylation sites (tertiary alicyclic amines) is 1. The highest BCUT2D eigenvalue weighted by Gasteiger charge is 2.69. The second-order valence-corrected chi connectivity index (χ2v) is 14.2. The first-order chi connectivity index (χ1) is 18.6. The van der Waals surface area contributed by atoms with Gasteiger partial charge in [-0.25, -0.2) is 4.98 Å². The third-order valence-electron chi connectivity index (χ3n) is 9.21. The van der Waals surface area contributed by atoms with Crippen molar-refractivity contribution in [3.8, 4) is 0 Å². The van der Waals surface area contributed by atoms with Crippen molar-refractivity contribution in [3.05, 3.63) is 11.1 Å². The van der Waals surface area contributed by atoms with E-state index in [0.29, 0.717) is 29.7 Å². The molecule has 5 atom stereocenters. The zero-order valence-corrected chi connectivity index (χ0v) is 25.1. The molecule has 2 heterocycles. The molecule has 2 unspecified atom stereocenters. The average Bonchev–Trinajstić information content (AvgIpc) is 3.22. The lowest BCUT2D eigenvalue weighted by atomic mass is 9.76. The van der Waals surface area contributed by atoms with E-state index in [1.807, 2.05) is 20.8 Å². The molecule has 10 nitrogen and oxygen atoms in total. The summed E-state index contributed by atoms with van der Waals surface area (Å²) in [5, 5.41) is 5.53. The molecule has 220 valence electrons. The fraction of sp³-hybridized carbons (Fsp3) is 0.724. The number of ether oxygens (including phenoxy) is 1. The Kier molecular flexibility index (Phi) is 8.45. The van der Waals surface area contributed by atoms with Crippen molar-refractivity contribution in [2.24, 2.45) is 40.2 Å². The predicted molar refractivity (Wildman–Crippen MR) is 150 cm³/mol. The first-order valence-electron chi connectivity index (χ1n) is 14.1. The minimum absolute atomic E-state index is 0.00382. The van der Waals surface area contributed by atoms with Crippen LogP contribution in [0.5, 0.6) is 0 Å². The quantitative estimate of drug-likeness (QED) is 0.286. The van der Waals surface area contributed by atoms with Crippen LogP contribution in [0.1, 0.15) is 72.4 Å².